The van der Waals surface area contributed by atoms with Crippen LogP contribution in [-0.2, 0) is 6.54 Å². The Morgan fingerprint density at radius 3 is 3.00 bits per heavy atom. The Balaban J connectivity index is 2.88. The molecular formula is C9H7ClFIN2. The zero-order valence-corrected chi connectivity index (χ0v) is 10.3. The maximum absolute atomic E-state index is 13.7. The molecule has 0 saturated heterocycles. The fourth-order valence-corrected chi connectivity index (χ4v) is 2.05. The molecule has 0 aliphatic heterocycles. The van der Waals surface area contributed by atoms with Crippen molar-refractivity contribution in [1.29, 1.82) is 0 Å². The number of rotatable bonds is 1. The minimum absolute atomic E-state index is 0.174. The normalized spacial score (nSPS) is 11.1. The van der Waals surface area contributed by atoms with Crippen molar-refractivity contribution >= 4 is 45.2 Å². The van der Waals surface area contributed by atoms with E-state index in [0.717, 1.165) is 0 Å². The summed E-state index contributed by atoms with van der Waals surface area (Å²) in [6.45, 7) is 2.62. The summed E-state index contributed by atoms with van der Waals surface area (Å²) in [6, 6.07) is 1.79. The van der Waals surface area contributed by atoms with Crippen LogP contribution in [0.2, 0.25) is 5.02 Å². The van der Waals surface area contributed by atoms with Gasteiger partial charge in [-0.3, -0.25) is 0 Å². The molecule has 0 aliphatic rings. The maximum atomic E-state index is 13.7. The van der Waals surface area contributed by atoms with E-state index in [1.165, 1.54) is 0 Å². The van der Waals surface area contributed by atoms with Crippen molar-refractivity contribution in [3.63, 3.8) is 0 Å². The van der Waals surface area contributed by atoms with Crippen molar-refractivity contribution in [1.82, 2.24) is 9.55 Å². The summed E-state index contributed by atoms with van der Waals surface area (Å²) >= 11 is 7.82. The zero-order valence-electron chi connectivity index (χ0n) is 7.39. The molecule has 0 atom stereocenters. The number of benzene rings is 1. The first kappa shape index (κ1) is 10.2. The van der Waals surface area contributed by atoms with Crippen molar-refractivity contribution in [2.24, 2.45) is 0 Å². The molecule has 0 amide bonds. The van der Waals surface area contributed by atoms with E-state index in [1.54, 1.807) is 17.0 Å². The molecule has 0 bridgehead atoms. The van der Waals surface area contributed by atoms with E-state index in [2.05, 4.69) is 4.98 Å². The van der Waals surface area contributed by atoms with Gasteiger partial charge in [-0.25, -0.2) is 9.37 Å². The van der Waals surface area contributed by atoms with Gasteiger partial charge in [-0.2, -0.15) is 0 Å². The van der Waals surface area contributed by atoms with Gasteiger partial charge in [0.15, 0.2) is 5.82 Å². The van der Waals surface area contributed by atoms with Crippen LogP contribution in [-0.4, -0.2) is 9.55 Å². The number of imidazole rings is 1. The van der Waals surface area contributed by atoms with Gasteiger partial charge >= 0.3 is 0 Å². The maximum Gasteiger partial charge on any atom is 0.168 e. The summed E-state index contributed by atoms with van der Waals surface area (Å²) in [5.74, 6) is -0.382. The highest BCUT2D eigenvalue weighted by Gasteiger charge is 2.13. The molecule has 2 nitrogen and oxygen atoms in total. The predicted octanol–water partition coefficient (Wildman–Crippen LogP) is 3.45. The van der Waals surface area contributed by atoms with E-state index in [4.69, 9.17) is 11.6 Å². The van der Waals surface area contributed by atoms with Crippen molar-refractivity contribution in [2.45, 2.75) is 13.5 Å². The molecule has 0 aliphatic carbocycles. The van der Waals surface area contributed by atoms with Crippen molar-refractivity contribution in [3.8, 4) is 0 Å². The third-order valence-electron chi connectivity index (χ3n) is 2.08. The van der Waals surface area contributed by atoms with Gasteiger partial charge < -0.3 is 4.57 Å². The number of hydrogen-bond acceptors (Lipinski definition) is 1. The lowest BCUT2D eigenvalue weighted by Crippen LogP contribution is -1.95. The Bertz CT molecular complexity index is 495. The van der Waals surface area contributed by atoms with Crippen LogP contribution in [0.1, 0.15) is 6.92 Å². The average Bonchev–Trinajstić information content (AvgIpc) is 2.57. The molecule has 2 rings (SSSR count). The molecule has 1 aromatic carbocycles. The molecular weight excluding hydrogens is 317 g/mol. The quantitative estimate of drug-likeness (QED) is 0.580. The van der Waals surface area contributed by atoms with Gasteiger partial charge in [0.25, 0.3) is 0 Å². The smallest absolute Gasteiger partial charge is 0.168 e. The molecule has 0 fully saturated rings. The molecule has 0 saturated carbocycles. The third-order valence-corrected chi connectivity index (χ3v) is 3.62. The van der Waals surface area contributed by atoms with Gasteiger partial charge in [0, 0.05) is 10.1 Å². The first-order valence-corrected chi connectivity index (χ1v) is 5.59. The van der Waals surface area contributed by atoms with Crippen LogP contribution in [0.25, 0.3) is 11.0 Å². The zero-order chi connectivity index (χ0) is 10.3. The van der Waals surface area contributed by atoms with Gasteiger partial charge in [-0.15, -0.1) is 0 Å². The van der Waals surface area contributed by atoms with Crippen LogP contribution in [0.3, 0.4) is 0 Å². The highest BCUT2D eigenvalue weighted by atomic mass is 127. The van der Waals surface area contributed by atoms with Crippen LogP contribution >= 0.6 is 34.2 Å². The Kier molecular flexibility index (Phi) is 2.66. The summed E-state index contributed by atoms with van der Waals surface area (Å²) in [4.78, 5) is 4.11. The molecule has 1 aromatic heterocycles. The Labute approximate surface area is 99.2 Å². The molecule has 1 heterocycles. The Morgan fingerprint density at radius 2 is 2.36 bits per heavy atom. The van der Waals surface area contributed by atoms with E-state index in [-0.39, 0.29) is 10.8 Å². The summed E-state index contributed by atoms with van der Waals surface area (Å²) in [6.07, 6.45) is 1.63. The number of hydrogen-bond donors (Lipinski definition) is 0. The Morgan fingerprint density at radius 1 is 1.64 bits per heavy atom. The van der Waals surface area contributed by atoms with E-state index in [0.29, 0.717) is 21.1 Å². The van der Waals surface area contributed by atoms with Gasteiger partial charge in [-0.1, -0.05) is 11.6 Å². The molecule has 0 spiro atoms. The number of aromatic nitrogens is 2. The fourth-order valence-electron chi connectivity index (χ4n) is 1.37. The molecule has 0 N–H and O–H groups in total. The first-order chi connectivity index (χ1) is 6.65. The lowest BCUT2D eigenvalue weighted by molar-refractivity contribution is 0.626. The molecule has 5 heteroatoms. The molecule has 0 unspecified atom stereocenters. The number of halogens is 3. The highest BCUT2D eigenvalue weighted by Crippen LogP contribution is 2.28. The molecule has 0 radical (unpaired) electrons. The SMILES string of the molecule is CCn1cnc2cc(I)c(Cl)c(F)c21. The second-order valence-corrected chi connectivity index (χ2v) is 4.42. The van der Waals surface area contributed by atoms with Gasteiger partial charge in [0.05, 0.1) is 16.9 Å². The first-order valence-electron chi connectivity index (χ1n) is 4.13. The molecule has 14 heavy (non-hydrogen) atoms. The van der Waals surface area contributed by atoms with Crippen LogP contribution in [0.15, 0.2) is 12.4 Å². The lowest BCUT2D eigenvalue weighted by Gasteiger charge is -2.03. The monoisotopic (exact) mass is 324 g/mol. The van der Waals surface area contributed by atoms with Gasteiger partial charge in [0.2, 0.25) is 0 Å². The van der Waals surface area contributed by atoms with Crippen LogP contribution < -0.4 is 0 Å². The molecule has 74 valence electrons. The van der Waals surface area contributed by atoms with Crippen LogP contribution in [0.4, 0.5) is 4.39 Å². The Hall–Kier alpha value is -0.360. The standard InChI is InChI=1S/C9H7ClFIN2/c1-2-14-4-13-6-3-5(12)7(10)8(11)9(6)14/h3-4H,2H2,1H3. The molecule has 2 aromatic rings. The minimum atomic E-state index is -0.382. The van der Waals surface area contributed by atoms with E-state index in [9.17, 15) is 4.39 Å². The number of aryl methyl sites for hydroxylation is 1. The second kappa shape index (κ2) is 3.66. The van der Waals surface area contributed by atoms with Crippen LogP contribution in [0, 0.1) is 9.39 Å². The largest absolute Gasteiger partial charge is 0.328 e. The predicted molar refractivity (Wildman–Crippen MR) is 63.1 cm³/mol. The van der Waals surface area contributed by atoms with Crippen molar-refractivity contribution < 1.29 is 4.39 Å². The average molecular weight is 325 g/mol. The topological polar surface area (TPSA) is 17.8 Å². The van der Waals surface area contributed by atoms with E-state index in [1.807, 2.05) is 29.5 Å². The van der Waals surface area contributed by atoms with Crippen LogP contribution in [0.5, 0.6) is 0 Å². The summed E-state index contributed by atoms with van der Waals surface area (Å²) in [7, 11) is 0. The van der Waals surface area contributed by atoms with Crippen molar-refractivity contribution in [3.05, 3.63) is 26.8 Å². The van der Waals surface area contributed by atoms with Crippen molar-refractivity contribution in [2.75, 3.05) is 0 Å². The van der Waals surface area contributed by atoms with Gasteiger partial charge in [0.1, 0.15) is 5.52 Å². The summed E-state index contributed by atoms with van der Waals surface area (Å²) in [5, 5.41) is 0.174. The lowest BCUT2D eigenvalue weighted by atomic mass is 10.3. The highest BCUT2D eigenvalue weighted by molar-refractivity contribution is 14.1. The summed E-state index contributed by atoms with van der Waals surface area (Å²) in [5.41, 5.74) is 1.14. The summed E-state index contributed by atoms with van der Waals surface area (Å²) < 4.78 is 16.2. The van der Waals surface area contributed by atoms with Gasteiger partial charge in [-0.05, 0) is 35.6 Å². The third kappa shape index (κ3) is 1.40. The van der Waals surface area contributed by atoms with E-state index >= 15 is 0 Å². The van der Waals surface area contributed by atoms with E-state index < -0.39 is 0 Å². The second-order valence-electron chi connectivity index (χ2n) is 2.88. The number of nitrogens with zero attached hydrogens (tertiary/aromatic N) is 2. The fraction of sp³-hybridized carbons (Fsp3) is 0.222. The number of fused-ring (bicyclic) bond motifs is 1. The minimum Gasteiger partial charge on any atom is -0.328 e.